The number of amides is 3. The molecule has 1 heterocycles. The van der Waals surface area contributed by atoms with Gasteiger partial charge in [0, 0.05) is 19.1 Å². The van der Waals surface area contributed by atoms with Crippen molar-refractivity contribution in [3.63, 3.8) is 0 Å². The molecule has 1 saturated carbocycles. The maximum Gasteiger partial charge on any atom is 0.318 e. The van der Waals surface area contributed by atoms with Crippen molar-refractivity contribution in [2.24, 2.45) is 5.92 Å². The largest absolute Gasteiger partial charge is 0.481 e. The Kier molecular flexibility index (Phi) is 5.03. The zero-order valence-electron chi connectivity index (χ0n) is 12.3. The Morgan fingerprint density at radius 2 is 2.10 bits per heavy atom. The molecule has 2 fully saturated rings. The van der Waals surface area contributed by atoms with Crippen LogP contribution in [0.5, 0.6) is 0 Å². The molecule has 0 aromatic heterocycles. The molecule has 1 saturated heterocycles. The lowest BCUT2D eigenvalue weighted by Crippen LogP contribution is -2.61. The van der Waals surface area contributed by atoms with Crippen molar-refractivity contribution < 1.29 is 19.5 Å². The van der Waals surface area contributed by atoms with Crippen molar-refractivity contribution in [3.05, 3.63) is 0 Å². The Labute approximate surface area is 124 Å². The average molecular weight is 297 g/mol. The minimum Gasteiger partial charge on any atom is -0.481 e. The van der Waals surface area contributed by atoms with E-state index < -0.39 is 17.9 Å². The molecule has 3 unspecified atom stereocenters. The van der Waals surface area contributed by atoms with E-state index in [0.29, 0.717) is 32.4 Å². The number of aliphatic carboxylic acids is 1. The second-order valence-electron chi connectivity index (χ2n) is 5.69. The Balaban J connectivity index is 2.02. The van der Waals surface area contributed by atoms with Crippen molar-refractivity contribution in [2.45, 2.75) is 51.1 Å². The average Bonchev–Trinajstić information content (AvgIpc) is 2.47. The summed E-state index contributed by atoms with van der Waals surface area (Å²) in [6, 6.07) is -1.13. The van der Waals surface area contributed by atoms with Gasteiger partial charge in [0.25, 0.3) is 0 Å². The summed E-state index contributed by atoms with van der Waals surface area (Å²) in [7, 11) is 0. The SMILES string of the molecule is CCC1C(=O)NCCN1C(=O)NC1CCCCC1C(=O)O. The summed E-state index contributed by atoms with van der Waals surface area (Å²) in [6.07, 6.45) is 3.63. The lowest BCUT2D eigenvalue weighted by atomic mass is 9.84. The number of rotatable bonds is 3. The van der Waals surface area contributed by atoms with E-state index in [0.717, 1.165) is 12.8 Å². The second kappa shape index (κ2) is 6.78. The lowest BCUT2D eigenvalue weighted by Gasteiger charge is -2.37. The molecule has 2 rings (SSSR count). The predicted molar refractivity (Wildman–Crippen MR) is 75.7 cm³/mol. The van der Waals surface area contributed by atoms with Crippen LogP contribution in [0.2, 0.25) is 0 Å². The predicted octanol–water partition coefficient (Wildman–Crippen LogP) is 0.550. The second-order valence-corrected chi connectivity index (χ2v) is 5.69. The molecule has 0 bridgehead atoms. The van der Waals surface area contributed by atoms with Crippen LogP contribution in [0, 0.1) is 5.92 Å². The van der Waals surface area contributed by atoms with Gasteiger partial charge in [0.1, 0.15) is 6.04 Å². The summed E-state index contributed by atoms with van der Waals surface area (Å²) in [5.74, 6) is -1.53. The first-order valence-corrected chi connectivity index (χ1v) is 7.62. The molecule has 0 aromatic carbocycles. The van der Waals surface area contributed by atoms with Crippen LogP contribution >= 0.6 is 0 Å². The van der Waals surface area contributed by atoms with Crippen molar-refractivity contribution in [1.82, 2.24) is 15.5 Å². The summed E-state index contributed by atoms with van der Waals surface area (Å²) < 4.78 is 0. The van der Waals surface area contributed by atoms with E-state index in [1.54, 1.807) is 0 Å². The van der Waals surface area contributed by atoms with Crippen LogP contribution in [0.15, 0.2) is 0 Å². The Morgan fingerprint density at radius 3 is 2.76 bits per heavy atom. The minimum atomic E-state index is -0.858. The van der Waals surface area contributed by atoms with Gasteiger partial charge in [-0.25, -0.2) is 4.79 Å². The number of nitrogens with one attached hydrogen (secondary N) is 2. The van der Waals surface area contributed by atoms with Gasteiger partial charge in [0.2, 0.25) is 5.91 Å². The number of hydrogen-bond donors (Lipinski definition) is 3. The zero-order valence-corrected chi connectivity index (χ0v) is 12.3. The molecule has 7 nitrogen and oxygen atoms in total. The van der Waals surface area contributed by atoms with E-state index >= 15 is 0 Å². The van der Waals surface area contributed by atoms with Crippen LogP contribution in [0.3, 0.4) is 0 Å². The normalized spacial score (nSPS) is 29.7. The number of hydrogen-bond acceptors (Lipinski definition) is 3. The summed E-state index contributed by atoms with van der Waals surface area (Å²) in [4.78, 5) is 37.0. The summed E-state index contributed by atoms with van der Waals surface area (Å²) >= 11 is 0. The lowest BCUT2D eigenvalue weighted by molar-refractivity contribution is -0.143. The molecule has 118 valence electrons. The monoisotopic (exact) mass is 297 g/mol. The van der Waals surface area contributed by atoms with E-state index in [1.807, 2.05) is 6.92 Å². The fraction of sp³-hybridized carbons (Fsp3) is 0.786. The van der Waals surface area contributed by atoms with Gasteiger partial charge in [-0.1, -0.05) is 19.8 Å². The van der Waals surface area contributed by atoms with E-state index in [-0.39, 0.29) is 18.0 Å². The number of carbonyl (C=O) groups is 3. The smallest absolute Gasteiger partial charge is 0.318 e. The molecule has 3 amide bonds. The van der Waals surface area contributed by atoms with Crippen molar-refractivity contribution >= 4 is 17.9 Å². The molecule has 0 aromatic rings. The Bertz CT molecular complexity index is 426. The van der Waals surface area contributed by atoms with Crippen LogP contribution in [0.25, 0.3) is 0 Å². The topological polar surface area (TPSA) is 98.7 Å². The van der Waals surface area contributed by atoms with E-state index in [2.05, 4.69) is 10.6 Å². The third-order valence-electron chi connectivity index (χ3n) is 4.37. The van der Waals surface area contributed by atoms with Gasteiger partial charge < -0.3 is 20.6 Å². The maximum atomic E-state index is 12.4. The van der Waals surface area contributed by atoms with Crippen molar-refractivity contribution in [2.75, 3.05) is 13.1 Å². The van der Waals surface area contributed by atoms with Gasteiger partial charge in [-0.05, 0) is 19.3 Å². The highest BCUT2D eigenvalue weighted by Gasteiger charge is 2.36. The molecular weight excluding hydrogens is 274 g/mol. The third kappa shape index (κ3) is 3.46. The van der Waals surface area contributed by atoms with Crippen LogP contribution in [-0.2, 0) is 9.59 Å². The van der Waals surface area contributed by atoms with Crippen molar-refractivity contribution in [1.29, 1.82) is 0 Å². The quantitative estimate of drug-likeness (QED) is 0.708. The molecule has 1 aliphatic heterocycles. The first-order chi connectivity index (χ1) is 10.0. The number of piperazine rings is 1. The molecule has 1 aliphatic carbocycles. The van der Waals surface area contributed by atoms with Crippen LogP contribution < -0.4 is 10.6 Å². The maximum absolute atomic E-state index is 12.4. The van der Waals surface area contributed by atoms with Gasteiger partial charge in [-0.15, -0.1) is 0 Å². The first-order valence-electron chi connectivity index (χ1n) is 7.62. The molecule has 21 heavy (non-hydrogen) atoms. The third-order valence-corrected chi connectivity index (χ3v) is 4.37. The van der Waals surface area contributed by atoms with Gasteiger partial charge in [-0.2, -0.15) is 0 Å². The molecule has 0 radical (unpaired) electrons. The summed E-state index contributed by atoms with van der Waals surface area (Å²) in [5, 5.41) is 14.8. The molecule has 7 heteroatoms. The fourth-order valence-electron chi connectivity index (χ4n) is 3.20. The van der Waals surface area contributed by atoms with Crippen LogP contribution in [-0.4, -0.2) is 53.1 Å². The Hall–Kier alpha value is -1.79. The van der Waals surface area contributed by atoms with E-state index in [9.17, 15) is 19.5 Å². The zero-order chi connectivity index (χ0) is 15.4. The molecular formula is C14H23N3O4. The first kappa shape index (κ1) is 15.6. The summed E-state index contributed by atoms with van der Waals surface area (Å²) in [6.45, 7) is 2.76. The molecule has 0 spiro atoms. The van der Waals surface area contributed by atoms with Gasteiger partial charge in [0.15, 0.2) is 0 Å². The molecule has 3 N–H and O–H groups in total. The molecule has 2 aliphatic rings. The number of carboxylic acid groups (broad SMARTS) is 1. The Morgan fingerprint density at radius 1 is 1.38 bits per heavy atom. The minimum absolute atomic E-state index is 0.141. The van der Waals surface area contributed by atoms with Gasteiger partial charge in [0.05, 0.1) is 5.92 Å². The highest BCUT2D eigenvalue weighted by atomic mass is 16.4. The van der Waals surface area contributed by atoms with E-state index in [4.69, 9.17) is 0 Å². The highest BCUT2D eigenvalue weighted by Crippen LogP contribution is 2.25. The highest BCUT2D eigenvalue weighted by molar-refractivity contribution is 5.88. The van der Waals surface area contributed by atoms with Gasteiger partial charge >= 0.3 is 12.0 Å². The van der Waals surface area contributed by atoms with Crippen LogP contribution in [0.1, 0.15) is 39.0 Å². The molecule has 3 atom stereocenters. The van der Waals surface area contributed by atoms with E-state index in [1.165, 1.54) is 4.90 Å². The number of nitrogens with zero attached hydrogens (tertiary/aromatic N) is 1. The van der Waals surface area contributed by atoms with Crippen molar-refractivity contribution in [3.8, 4) is 0 Å². The standard InChI is InChI=1S/C14H23N3O4/c1-2-11-12(18)15-7-8-17(11)14(21)16-10-6-4-3-5-9(10)13(19)20/h9-11H,2-8H2,1H3,(H,15,18)(H,16,21)(H,19,20). The summed E-state index contributed by atoms with van der Waals surface area (Å²) in [5.41, 5.74) is 0. The number of carboxylic acids is 1. The van der Waals surface area contributed by atoms with Gasteiger partial charge in [-0.3, -0.25) is 9.59 Å². The number of urea groups is 1. The fourth-order valence-corrected chi connectivity index (χ4v) is 3.20. The van der Waals surface area contributed by atoms with Crippen LogP contribution in [0.4, 0.5) is 4.79 Å². The number of carbonyl (C=O) groups excluding carboxylic acids is 2.